The molecule has 2 fully saturated rings. The summed E-state index contributed by atoms with van der Waals surface area (Å²) in [4.78, 5) is 13.6. The van der Waals surface area contributed by atoms with Gasteiger partial charge in [-0.3, -0.25) is 4.79 Å². The van der Waals surface area contributed by atoms with Gasteiger partial charge in [-0.15, -0.1) is 0 Å². The van der Waals surface area contributed by atoms with Gasteiger partial charge < -0.3 is 10.2 Å². The van der Waals surface area contributed by atoms with Crippen LogP contribution in [0, 0.1) is 11.3 Å². The van der Waals surface area contributed by atoms with E-state index in [-0.39, 0.29) is 5.92 Å². The summed E-state index contributed by atoms with van der Waals surface area (Å²) in [7, 11) is 0. The van der Waals surface area contributed by atoms with Crippen LogP contribution in [0.15, 0.2) is 0 Å². The number of carbonyl (C=O) groups excluding carboxylic acids is 1. The van der Waals surface area contributed by atoms with Crippen LogP contribution in [0.25, 0.3) is 0 Å². The molecule has 1 amide bonds. The first-order valence-corrected chi connectivity index (χ1v) is 5.12. The number of hydrogen-bond acceptors (Lipinski definition) is 2. The molecule has 0 radical (unpaired) electrons. The van der Waals surface area contributed by atoms with E-state index in [0.717, 1.165) is 26.2 Å². The molecule has 0 aliphatic carbocycles. The Hall–Kier alpha value is -0.570. The predicted octanol–water partition coefficient (Wildman–Crippen LogP) is 0.464. The van der Waals surface area contributed by atoms with Crippen molar-refractivity contribution in [2.24, 2.45) is 11.3 Å². The van der Waals surface area contributed by atoms with Gasteiger partial charge in [0.1, 0.15) is 0 Å². The summed E-state index contributed by atoms with van der Waals surface area (Å²) in [5, 5.41) is 3.37. The molecule has 74 valence electrons. The van der Waals surface area contributed by atoms with Crippen LogP contribution < -0.4 is 5.32 Å². The molecule has 0 bridgehead atoms. The van der Waals surface area contributed by atoms with Crippen LogP contribution in [0.1, 0.15) is 20.3 Å². The smallest absolute Gasteiger partial charge is 0.225 e. The lowest BCUT2D eigenvalue weighted by atomic mass is 9.78. The topological polar surface area (TPSA) is 32.3 Å². The molecular formula is C10H18N2O. The third-order valence-corrected chi connectivity index (χ3v) is 3.19. The predicted molar refractivity (Wildman–Crippen MR) is 51.3 cm³/mol. The molecule has 2 heterocycles. The molecule has 2 saturated heterocycles. The fourth-order valence-electron chi connectivity index (χ4n) is 2.35. The monoisotopic (exact) mass is 182 g/mol. The lowest BCUT2D eigenvalue weighted by Gasteiger charge is -2.48. The molecule has 3 heteroatoms. The fourth-order valence-corrected chi connectivity index (χ4v) is 2.35. The Kier molecular flexibility index (Phi) is 2.06. The van der Waals surface area contributed by atoms with Gasteiger partial charge in [0.15, 0.2) is 0 Å². The van der Waals surface area contributed by atoms with E-state index in [1.165, 1.54) is 6.42 Å². The number of hydrogen-bond donors (Lipinski definition) is 1. The highest BCUT2D eigenvalue weighted by molar-refractivity contribution is 5.79. The van der Waals surface area contributed by atoms with E-state index >= 15 is 0 Å². The zero-order chi connectivity index (χ0) is 9.47. The summed E-state index contributed by atoms with van der Waals surface area (Å²) in [6.45, 7) is 8.15. The fraction of sp³-hybridized carbons (Fsp3) is 0.900. The molecule has 0 atom stereocenters. The summed E-state index contributed by atoms with van der Waals surface area (Å²) in [5.74, 6) is 0.476. The molecular weight excluding hydrogens is 164 g/mol. The van der Waals surface area contributed by atoms with E-state index in [2.05, 4.69) is 5.32 Å². The van der Waals surface area contributed by atoms with Gasteiger partial charge in [-0.2, -0.15) is 0 Å². The van der Waals surface area contributed by atoms with Crippen LogP contribution in [0.2, 0.25) is 0 Å². The second-order valence-corrected chi connectivity index (χ2v) is 4.78. The first-order chi connectivity index (χ1) is 6.13. The van der Waals surface area contributed by atoms with Crippen molar-refractivity contribution in [1.82, 2.24) is 10.2 Å². The van der Waals surface area contributed by atoms with Gasteiger partial charge in [0.05, 0.1) is 0 Å². The Bertz CT molecular complexity index is 211. The average molecular weight is 182 g/mol. The highest BCUT2D eigenvalue weighted by Crippen LogP contribution is 2.36. The van der Waals surface area contributed by atoms with Crippen molar-refractivity contribution in [3.05, 3.63) is 0 Å². The van der Waals surface area contributed by atoms with Gasteiger partial charge in [0.2, 0.25) is 5.91 Å². The Balaban J connectivity index is 1.87. The van der Waals surface area contributed by atoms with E-state index in [0.29, 0.717) is 11.3 Å². The number of likely N-dealkylation sites (tertiary alicyclic amines) is 1. The summed E-state index contributed by atoms with van der Waals surface area (Å²) < 4.78 is 0. The van der Waals surface area contributed by atoms with E-state index < -0.39 is 0 Å². The maximum atomic E-state index is 11.6. The van der Waals surface area contributed by atoms with Crippen molar-refractivity contribution in [3.8, 4) is 0 Å². The molecule has 2 aliphatic rings. The van der Waals surface area contributed by atoms with E-state index in [9.17, 15) is 4.79 Å². The standard InChI is InChI=1S/C10H18N2O/c1-8(2)9(13)12-6-10(7-12)3-4-11-5-10/h8,11H,3-7H2,1-2H3. The Morgan fingerprint density at radius 2 is 2.15 bits per heavy atom. The maximum Gasteiger partial charge on any atom is 0.225 e. The molecule has 2 aliphatic heterocycles. The molecule has 0 aromatic heterocycles. The molecule has 0 aromatic carbocycles. The van der Waals surface area contributed by atoms with Crippen molar-refractivity contribution in [2.75, 3.05) is 26.2 Å². The van der Waals surface area contributed by atoms with Crippen molar-refractivity contribution >= 4 is 5.91 Å². The summed E-state index contributed by atoms with van der Waals surface area (Å²) in [6, 6.07) is 0. The first kappa shape index (κ1) is 9.00. The third-order valence-electron chi connectivity index (χ3n) is 3.19. The van der Waals surface area contributed by atoms with Crippen LogP contribution >= 0.6 is 0 Å². The molecule has 13 heavy (non-hydrogen) atoms. The molecule has 1 spiro atoms. The lowest BCUT2D eigenvalue weighted by Crippen LogP contribution is -2.60. The summed E-state index contributed by atoms with van der Waals surface area (Å²) in [6.07, 6.45) is 1.24. The normalized spacial score (nSPS) is 25.3. The van der Waals surface area contributed by atoms with Gasteiger partial charge >= 0.3 is 0 Å². The molecule has 2 rings (SSSR count). The minimum atomic E-state index is 0.159. The molecule has 0 saturated carbocycles. The zero-order valence-electron chi connectivity index (χ0n) is 8.47. The van der Waals surface area contributed by atoms with E-state index in [4.69, 9.17) is 0 Å². The Morgan fingerprint density at radius 3 is 2.62 bits per heavy atom. The van der Waals surface area contributed by atoms with Crippen molar-refractivity contribution in [1.29, 1.82) is 0 Å². The quantitative estimate of drug-likeness (QED) is 0.639. The van der Waals surface area contributed by atoms with Crippen LogP contribution in [-0.4, -0.2) is 37.0 Å². The zero-order valence-corrected chi connectivity index (χ0v) is 8.47. The molecule has 0 unspecified atom stereocenters. The Labute approximate surface area is 79.5 Å². The SMILES string of the molecule is CC(C)C(=O)N1CC2(CCNC2)C1. The highest BCUT2D eigenvalue weighted by atomic mass is 16.2. The number of rotatable bonds is 1. The van der Waals surface area contributed by atoms with Gasteiger partial charge in [0.25, 0.3) is 0 Å². The highest BCUT2D eigenvalue weighted by Gasteiger charge is 2.46. The van der Waals surface area contributed by atoms with Crippen molar-refractivity contribution < 1.29 is 4.79 Å². The van der Waals surface area contributed by atoms with Crippen molar-refractivity contribution in [2.45, 2.75) is 20.3 Å². The number of carbonyl (C=O) groups is 1. The molecule has 0 aromatic rings. The Morgan fingerprint density at radius 1 is 1.46 bits per heavy atom. The first-order valence-electron chi connectivity index (χ1n) is 5.12. The van der Waals surface area contributed by atoms with Gasteiger partial charge in [-0.25, -0.2) is 0 Å². The van der Waals surface area contributed by atoms with Crippen molar-refractivity contribution in [3.63, 3.8) is 0 Å². The van der Waals surface area contributed by atoms with Crippen LogP contribution in [0.4, 0.5) is 0 Å². The summed E-state index contributed by atoms with van der Waals surface area (Å²) in [5.41, 5.74) is 0.449. The third kappa shape index (κ3) is 1.46. The minimum absolute atomic E-state index is 0.159. The van der Waals surface area contributed by atoms with Crippen LogP contribution in [-0.2, 0) is 4.79 Å². The van der Waals surface area contributed by atoms with Crippen LogP contribution in [0.5, 0.6) is 0 Å². The number of nitrogens with one attached hydrogen (secondary N) is 1. The summed E-state index contributed by atoms with van der Waals surface area (Å²) >= 11 is 0. The van der Waals surface area contributed by atoms with E-state index in [1.54, 1.807) is 0 Å². The minimum Gasteiger partial charge on any atom is -0.341 e. The maximum absolute atomic E-state index is 11.6. The van der Waals surface area contributed by atoms with E-state index in [1.807, 2.05) is 18.7 Å². The second-order valence-electron chi connectivity index (χ2n) is 4.78. The number of amides is 1. The van der Waals surface area contributed by atoms with Crippen LogP contribution in [0.3, 0.4) is 0 Å². The largest absolute Gasteiger partial charge is 0.341 e. The molecule has 1 N–H and O–H groups in total. The second kappa shape index (κ2) is 2.98. The van der Waals surface area contributed by atoms with Gasteiger partial charge in [-0.05, 0) is 13.0 Å². The molecule has 3 nitrogen and oxygen atoms in total. The van der Waals surface area contributed by atoms with Gasteiger partial charge in [0, 0.05) is 31.0 Å². The average Bonchev–Trinajstić information content (AvgIpc) is 2.47. The van der Waals surface area contributed by atoms with Gasteiger partial charge in [-0.1, -0.05) is 13.8 Å². The lowest BCUT2D eigenvalue weighted by molar-refractivity contribution is -0.145. The number of nitrogens with zero attached hydrogens (tertiary/aromatic N) is 1.